The predicted molar refractivity (Wildman–Crippen MR) is 67.0 cm³/mol. The fourth-order valence-corrected chi connectivity index (χ4v) is 2.11. The molecule has 1 amide bonds. The summed E-state index contributed by atoms with van der Waals surface area (Å²) < 4.78 is 0. The average molecular weight is 226 g/mol. The highest BCUT2D eigenvalue weighted by Gasteiger charge is 2.29. The van der Waals surface area contributed by atoms with Gasteiger partial charge in [-0.2, -0.15) is 0 Å². The van der Waals surface area contributed by atoms with Gasteiger partial charge in [-0.15, -0.1) is 0 Å². The van der Waals surface area contributed by atoms with Gasteiger partial charge in [0.1, 0.15) is 0 Å². The standard InChI is InChI=1S/C13H26N2O/c1-4-15(9-11-5-6-11)13(16)12(8-14)7-10(2)3/h10-12H,4-9,14H2,1-3H3. The van der Waals surface area contributed by atoms with Crippen LogP contribution in [0.5, 0.6) is 0 Å². The number of amides is 1. The molecule has 1 saturated carbocycles. The molecule has 0 spiro atoms. The highest BCUT2D eigenvalue weighted by atomic mass is 16.2. The number of nitrogens with two attached hydrogens (primary N) is 1. The van der Waals surface area contributed by atoms with Crippen LogP contribution in [-0.2, 0) is 4.79 Å². The maximum absolute atomic E-state index is 12.3. The Morgan fingerprint density at radius 1 is 1.44 bits per heavy atom. The van der Waals surface area contributed by atoms with Crippen molar-refractivity contribution in [3.63, 3.8) is 0 Å². The summed E-state index contributed by atoms with van der Waals surface area (Å²) in [5.74, 6) is 1.60. The highest BCUT2D eigenvalue weighted by molar-refractivity contribution is 5.79. The number of hydrogen-bond acceptors (Lipinski definition) is 2. The third-order valence-electron chi connectivity index (χ3n) is 3.26. The molecule has 0 aromatic rings. The molecule has 0 saturated heterocycles. The summed E-state index contributed by atoms with van der Waals surface area (Å²) in [5, 5.41) is 0. The van der Waals surface area contributed by atoms with Crippen molar-refractivity contribution < 1.29 is 4.79 Å². The molecule has 0 radical (unpaired) electrons. The van der Waals surface area contributed by atoms with E-state index in [9.17, 15) is 4.79 Å². The van der Waals surface area contributed by atoms with Crippen molar-refractivity contribution in [2.45, 2.75) is 40.0 Å². The molecule has 1 atom stereocenters. The van der Waals surface area contributed by atoms with Crippen LogP contribution in [-0.4, -0.2) is 30.4 Å². The van der Waals surface area contributed by atoms with Crippen LogP contribution in [0.15, 0.2) is 0 Å². The van der Waals surface area contributed by atoms with E-state index in [1.54, 1.807) is 0 Å². The summed E-state index contributed by atoms with van der Waals surface area (Å²) in [6.45, 7) is 8.61. The van der Waals surface area contributed by atoms with Crippen LogP contribution >= 0.6 is 0 Å². The molecule has 0 bridgehead atoms. The molecule has 3 heteroatoms. The molecule has 1 rings (SSSR count). The summed E-state index contributed by atoms with van der Waals surface area (Å²) in [6, 6.07) is 0. The molecular formula is C13H26N2O. The lowest BCUT2D eigenvalue weighted by molar-refractivity contribution is -0.135. The van der Waals surface area contributed by atoms with E-state index >= 15 is 0 Å². The van der Waals surface area contributed by atoms with Gasteiger partial charge < -0.3 is 10.6 Å². The second kappa shape index (κ2) is 6.24. The fourth-order valence-electron chi connectivity index (χ4n) is 2.11. The van der Waals surface area contributed by atoms with Gasteiger partial charge in [-0.05, 0) is 38.0 Å². The summed E-state index contributed by atoms with van der Waals surface area (Å²) in [6.07, 6.45) is 3.50. The van der Waals surface area contributed by atoms with Gasteiger partial charge in [-0.25, -0.2) is 0 Å². The van der Waals surface area contributed by atoms with Gasteiger partial charge in [-0.3, -0.25) is 4.79 Å². The largest absolute Gasteiger partial charge is 0.342 e. The molecule has 0 heterocycles. The zero-order chi connectivity index (χ0) is 12.1. The zero-order valence-electron chi connectivity index (χ0n) is 10.9. The molecule has 1 aliphatic rings. The van der Waals surface area contributed by atoms with E-state index in [1.807, 2.05) is 4.90 Å². The molecule has 1 unspecified atom stereocenters. The predicted octanol–water partition coefficient (Wildman–Crippen LogP) is 1.87. The summed E-state index contributed by atoms with van der Waals surface area (Å²) >= 11 is 0. The number of carbonyl (C=O) groups excluding carboxylic acids is 1. The van der Waals surface area contributed by atoms with Gasteiger partial charge in [0.05, 0.1) is 5.92 Å². The molecule has 1 fully saturated rings. The average Bonchev–Trinajstić information content (AvgIpc) is 3.05. The molecular weight excluding hydrogens is 200 g/mol. The van der Waals surface area contributed by atoms with Crippen molar-refractivity contribution in [1.29, 1.82) is 0 Å². The van der Waals surface area contributed by atoms with Gasteiger partial charge >= 0.3 is 0 Å². The third-order valence-corrected chi connectivity index (χ3v) is 3.26. The number of carbonyl (C=O) groups is 1. The van der Waals surface area contributed by atoms with Crippen LogP contribution in [0.4, 0.5) is 0 Å². The minimum atomic E-state index is 0.0266. The second-order valence-electron chi connectivity index (χ2n) is 5.38. The Morgan fingerprint density at radius 3 is 2.44 bits per heavy atom. The Hall–Kier alpha value is -0.570. The Labute approximate surface area is 99.4 Å². The number of nitrogens with zero attached hydrogens (tertiary/aromatic N) is 1. The number of hydrogen-bond donors (Lipinski definition) is 1. The van der Waals surface area contributed by atoms with Crippen molar-refractivity contribution in [2.75, 3.05) is 19.6 Å². The van der Waals surface area contributed by atoms with Gasteiger partial charge in [0.2, 0.25) is 5.91 Å². The van der Waals surface area contributed by atoms with Gasteiger partial charge in [0.25, 0.3) is 0 Å². The maximum Gasteiger partial charge on any atom is 0.226 e. The minimum absolute atomic E-state index is 0.0266. The molecule has 0 aromatic heterocycles. The van der Waals surface area contributed by atoms with Crippen molar-refractivity contribution >= 4 is 5.91 Å². The van der Waals surface area contributed by atoms with Crippen LogP contribution in [0, 0.1) is 17.8 Å². The second-order valence-corrected chi connectivity index (χ2v) is 5.38. The monoisotopic (exact) mass is 226 g/mol. The van der Waals surface area contributed by atoms with E-state index < -0.39 is 0 Å². The lowest BCUT2D eigenvalue weighted by Gasteiger charge is -2.26. The van der Waals surface area contributed by atoms with Crippen LogP contribution in [0.2, 0.25) is 0 Å². The summed E-state index contributed by atoms with van der Waals surface area (Å²) in [7, 11) is 0. The van der Waals surface area contributed by atoms with Crippen molar-refractivity contribution in [2.24, 2.45) is 23.5 Å². The Morgan fingerprint density at radius 2 is 2.06 bits per heavy atom. The van der Waals surface area contributed by atoms with Gasteiger partial charge in [0, 0.05) is 19.6 Å². The van der Waals surface area contributed by atoms with E-state index in [0.717, 1.165) is 25.4 Å². The van der Waals surface area contributed by atoms with Crippen LogP contribution in [0.3, 0.4) is 0 Å². The maximum atomic E-state index is 12.3. The van der Waals surface area contributed by atoms with E-state index in [4.69, 9.17) is 5.73 Å². The van der Waals surface area contributed by atoms with Gasteiger partial charge in [0.15, 0.2) is 0 Å². The molecule has 16 heavy (non-hydrogen) atoms. The molecule has 3 nitrogen and oxygen atoms in total. The lowest BCUT2D eigenvalue weighted by Crippen LogP contribution is -2.40. The first-order valence-electron chi connectivity index (χ1n) is 6.57. The molecule has 2 N–H and O–H groups in total. The zero-order valence-corrected chi connectivity index (χ0v) is 10.9. The van der Waals surface area contributed by atoms with Crippen molar-refractivity contribution in [3.8, 4) is 0 Å². The topological polar surface area (TPSA) is 46.3 Å². The summed E-state index contributed by atoms with van der Waals surface area (Å²) in [5.41, 5.74) is 5.71. The molecule has 94 valence electrons. The minimum Gasteiger partial charge on any atom is -0.342 e. The van der Waals surface area contributed by atoms with Crippen LogP contribution in [0.25, 0.3) is 0 Å². The van der Waals surface area contributed by atoms with Crippen molar-refractivity contribution in [1.82, 2.24) is 4.90 Å². The normalized spacial score (nSPS) is 17.6. The first kappa shape index (κ1) is 13.5. The lowest BCUT2D eigenvalue weighted by atomic mass is 9.95. The van der Waals surface area contributed by atoms with Gasteiger partial charge in [-0.1, -0.05) is 13.8 Å². The first-order chi connectivity index (χ1) is 7.58. The SMILES string of the molecule is CCN(CC1CC1)C(=O)C(CN)CC(C)C. The van der Waals surface area contributed by atoms with Crippen LogP contribution < -0.4 is 5.73 Å². The quantitative estimate of drug-likeness (QED) is 0.720. The van der Waals surface area contributed by atoms with Crippen LogP contribution in [0.1, 0.15) is 40.0 Å². The first-order valence-corrected chi connectivity index (χ1v) is 6.57. The summed E-state index contributed by atoms with van der Waals surface area (Å²) in [4.78, 5) is 14.2. The third kappa shape index (κ3) is 4.12. The fraction of sp³-hybridized carbons (Fsp3) is 0.923. The molecule has 1 aliphatic carbocycles. The van der Waals surface area contributed by atoms with E-state index in [2.05, 4.69) is 20.8 Å². The van der Waals surface area contributed by atoms with E-state index in [0.29, 0.717) is 12.5 Å². The van der Waals surface area contributed by atoms with E-state index in [1.165, 1.54) is 12.8 Å². The van der Waals surface area contributed by atoms with E-state index in [-0.39, 0.29) is 11.8 Å². The smallest absolute Gasteiger partial charge is 0.226 e. The molecule has 0 aromatic carbocycles. The Kier molecular flexibility index (Phi) is 5.26. The Bertz CT molecular complexity index is 210. The molecule has 0 aliphatic heterocycles. The highest BCUT2D eigenvalue weighted by Crippen LogP contribution is 2.30. The van der Waals surface area contributed by atoms with Crippen molar-refractivity contribution in [3.05, 3.63) is 0 Å². The number of rotatable bonds is 7. The Balaban J connectivity index is 2.48.